The van der Waals surface area contributed by atoms with Crippen LogP contribution in [-0.4, -0.2) is 10.8 Å². The maximum absolute atomic E-state index is 12.6. The molecular formula is C15H10Cl2N2O. The van der Waals surface area contributed by atoms with Gasteiger partial charge in [0.2, 0.25) is 0 Å². The average molecular weight is 305 g/mol. The van der Waals surface area contributed by atoms with Gasteiger partial charge in [-0.15, -0.1) is 0 Å². The van der Waals surface area contributed by atoms with Gasteiger partial charge in [0.25, 0.3) is 0 Å². The van der Waals surface area contributed by atoms with Gasteiger partial charge in [-0.1, -0.05) is 41.4 Å². The average Bonchev–Trinajstić information content (AvgIpc) is 2.86. The molecule has 2 aromatic carbocycles. The fraction of sp³-hybridized carbons (Fsp3) is 0. The van der Waals surface area contributed by atoms with E-state index in [9.17, 15) is 4.79 Å². The smallest absolute Gasteiger partial charge is 0.196 e. The van der Waals surface area contributed by atoms with Crippen LogP contribution >= 0.6 is 23.2 Å². The Morgan fingerprint density at radius 1 is 1.05 bits per heavy atom. The summed E-state index contributed by atoms with van der Waals surface area (Å²) in [7, 11) is 0. The standard InChI is InChI=1S/C15H10Cl2N2O/c16-11-5-1-3-8-10(7-19-14(8)11)15(20)9-4-2-6-12(18)13(9)17/h1-7,19H,18H2. The van der Waals surface area contributed by atoms with E-state index in [0.717, 1.165) is 10.9 Å². The molecule has 100 valence electrons. The molecule has 0 bridgehead atoms. The monoisotopic (exact) mass is 304 g/mol. The Kier molecular flexibility index (Phi) is 3.16. The molecule has 1 heterocycles. The number of nitrogens with two attached hydrogens (primary N) is 1. The van der Waals surface area contributed by atoms with Crippen LogP contribution in [0.4, 0.5) is 5.69 Å². The lowest BCUT2D eigenvalue weighted by Crippen LogP contribution is -2.03. The molecule has 3 N–H and O–H groups in total. The number of halogens is 2. The third kappa shape index (κ3) is 1.96. The van der Waals surface area contributed by atoms with Gasteiger partial charge in [0, 0.05) is 22.7 Å². The first-order chi connectivity index (χ1) is 9.59. The molecule has 3 rings (SSSR count). The van der Waals surface area contributed by atoms with Crippen LogP contribution in [-0.2, 0) is 0 Å². The summed E-state index contributed by atoms with van der Waals surface area (Å²) in [4.78, 5) is 15.6. The minimum absolute atomic E-state index is 0.184. The van der Waals surface area contributed by atoms with E-state index in [1.54, 1.807) is 36.5 Å². The van der Waals surface area contributed by atoms with E-state index < -0.39 is 0 Å². The first-order valence-corrected chi connectivity index (χ1v) is 6.69. The molecule has 0 saturated carbocycles. The normalized spacial score (nSPS) is 10.9. The number of hydrogen-bond donors (Lipinski definition) is 2. The van der Waals surface area contributed by atoms with Crippen molar-refractivity contribution < 1.29 is 4.79 Å². The fourth-order valence-corrected chi connectivity index (χ4v) is 2.62. The fourth-order valence-electron chi connectivity index (χ4n) is 2.18. The lowest BCUT2D eigenvalue weighted by molar-refractivity contribution is 0.104. The molecule has 1 aromatic heterocycles. The van der Waals surface area contributed by atoms with Gasteiger partial charge in [0.05, 0.1) is 21.2 Å². The summed E-state index contributed by atoms with van der Waals surface area (Å²) in [5.41, 5.74) is 7.76. The highest BCUT2D eigenvalue weighted by Crippen LogP contribution is 2.30. The maximum atomic E-state index is 12.6. The molecule has 0 aliphatic rings. The number of anilines is 1. The van der Waals surface area contributed by atoms with Crippen LogP contribution in [0.1, 0.15) is 15.9 Å². The first-order valence-electron chi connectivity index (χ1n) is 5.94. The van der Waals surface area contributed by atoms with Crippen LogP contribution in [0.3, 0.4) is 0 Å². The predicted molar refractivity (Wildman–Crippen MR) is 82.6 cm³/mol. The van der Waals surface area contributed by atoms with Gasteiger partial charge in [-0.3, -0.25) is 4.79 Å². The summed E-state index contributed by atoms with van der Waals surface area (Å²) in [5.74, 6) is -0.184. The number of para-hydroxylation sites is 1. The second-order valence-electron chi connectivity index (χ2n) is 4.40. The highest BCUT2D eigenvalue weighted by Gasteiger charge is 2.18. The highest BCUT2D eigenvalue weighted by atomic mass is 35.5. The van der Waals surface area contributed by atoms with Crippen molar-refractivity contribution in [1.29, 1.82) is 0 Å². The van der Waals surface area contributed by atoms with Crippen LogP contribution in [0.15, 0.2) is 42.6 Å². The van der Waals surface area contributed by atoms with Gasteiger partial charge in [-0.25, -0.2) is 0 Å². The molecular weight excluding hydrogens is 295 g/mol. The summed E-state index contributed by atoms with van der Waals surface area (Å²) < 4.78 is 0. The number of benzene rings is 2. The van der Waals surface area contributed by atoms with Crippen molar-refractivity contribution >= 4 is 45.6 Å². The van der Waals surface area contributed by atoms with Crippen molar-refractivity contribution in [2.75, 3.05) is 5.73 Å². The zero-order chi connectivity index (χ0) is 14.3. The molecule has 0 unspecified atom stereocenters. The van der Waals surface area contributed by atoms with Gasteiger partial charge in [-0.2, -0.15) is 0 Å². The topological polar surface area (TPSA) is 58.9 Å². The third-order valence-electron chi connectivity index (χ3n) is 3.18. The van der Waals surface area contributed by atoms with Crippen LogP contribution < -0.4 is 5.73 Å². The Balaban J connectivity index is 2.18. The van der Waals surface area contributed by atoms with Crippen LogP contribution in [0.2, 0.25) is 10.0 Å². The molecule has 0 radical (unpaired) electrons. The number of ketones is 1. The SMILES string of the molecule is Nc1cccc(C(=O)c2c[nH]c3c(Cl)cccc23)c1Cl. The molecule has 0 saturated heterocycles. The Morgan fingerprint density at radius 2 is 1.80 bits per heavy atom. The van der Waals surface area contributed by atoms with E-state index >= 15 is 0 Å². The molecule has 20 heavy (non-hydrogen) atoms. The number of nitrogens with one attached hydrogen (secondary N) is 1. The summed E-state index contributed by atoms with van der Waals surface area (Å²) in [6.07, 6.45) is 1.64. The zero-order valence-corrected chi connectivity index (χ0v) is 11.8. The van der Waals surface area contributed by atoms with E-state index in [1.165, 1.54) is 0 Å². The Bertz CT molecular complexity index is 824. The number of rotatable bonds is 2. The number of aromatic amines is 1. The highest BCUT2D eigenvalue weighted by molar-refractivity contribution is 6.38. The Morgan fingerprint density at radius 3 is 2.60 bits per heavy atom. The number of carbonyl (C=O) groups is 1. The number of hydrogen-bond acceptors (Lipinski definition) is 2. The van der Waals surface area contributed by atoms with Crippen molar-refractivity contribution in [2.24, 2.45) is 0 Å². The van der Waals surface area contributed by atoms with E-state index in [0.29, 0.717) is 21.8 Å². The molecule has 0 aliphatic heterocycles. The lowest BCUT2D eigenvalue weighted by Gasteiger charge is -2.05. The van der Waals surface area contributed by atoms with Crippen molar-refractivity contribution in [3.63, 3.8) is 0 Å². The number of fused-ring (bicyclic) bond motifs is 1. The Labute approximate surface area is 125 Å². The van der Waals surface area contributed by atoms with Gasteiger partial charge in [0.1, 0.15) is 0 Å². The van der Waals surface area contributed by atoms with Crippen molar-refractivity contribution in [3.8, 4) is 0 Å². The number of carbonyl (C=O) groups excluding carboxylic acids is 1. The van der Waals surface area contributed by atoms with E-state index in [4.69, 9.17) is 28.9 Å². The molecule has 5 heteroatoms. The van der Waals surface area contributed by atoms with Gasteiger partial charge < -0.3 is 10.7 Å². The predicted octanol–water partition coefficient (Wildman–Crippen LogP) is 4.29. The number of aromatic nitrogens is 1. The second kappa shape index (κ2) is 4.85. The van der Waals surface area contributed by atoms with Crippen molar-refractivity contribution in [2.45, 2.75) is 0 Å². The van der Waals surface area contributed by atoms with Gasteiger partial charge >= 0.3 is 0 Å². The molecule has 3 aromatic rings. The van der Waals surface area contributed by atoms with E-state index in [-0.39, 0.29) is 10.8 Å². The summed E-state index contributed by atoms with van der Waals surface area (Å²) in [5, 5.41) is 1.61. The molecule has 0 spiro atoms. The first kappa shape index (κ1) is 13.0. The van der Waals surface area contributed by atoms with Crippen LogP contribution in [0, 0.1) is 0 Å². The van der Waals surface area contributed by atoms with E-state index in [1.807, 2.05) is 6.07 Å². The summed E-state index contributed by atoms with van der Waals surface area (Å²) in [6, 6.07) is 10.4. The molecule has 0 amide bonds. The van der Waals surface area contributed by atoms with Crippen molar-refractivity contribution in [1.82, 2.24) is 4.98 Å². The zero-order valence-electron chi connectivity index (χ0n) is 10.3. The quantitative estimate of drug-likeness (QED) is 0.548. The Hall–Kier alpha value is -1.97. The summed E-state index contributed by atoms with van der Waals surface area (Å²) >= 11 is 12.2. The third-order valence-corrected chi connectivity index (χ3v) is 3.92. The maximum Gasteiger partial charge on any atom is 0.196 e. The lowest BCUT2D eigenvalue weighted by atomic mass is 10.0. The number of nitrogen functional groups attached to an aromatic ring is 1. The molecule has 0 fully saturated rings. The molecule has 0 atom stereocenters. The largest absolute Gasteiger partial charge is 0.398 e. The van der Waals surface area contributed by atoms with Gasteiger partial charge in [-0.05, 0) is 18.2 Å². The molecule has 3 nitrogen and oxygen atoms in total. The number of H-pyrrole nitrogens is 1. The second-order valence-corrected chi connectivity index (χ2v) is 5.19. The van der Waals surface area contributed by atoms with E-state index in [2.05, 4.69) is 4.98 Å². The summed E-state index contributed by atoms with van der Waals surface area (Å²) in [6.45, 7) is 0. The van der Waals surface area contributed by atoms with Crippen molar-refractivity contribution in [3.05, 3.63) is 63.8 Å². The van der Waals surface area contributed by atoms with Crippen LogP contribution in [0.5, 0.6) is 0 Å². The molecule has 0 aliphatic carbocycles. The minimum atomic E-state index is -0.184. The van der Waals surface area contributed by atoms with Gasteiger partial charge in [0.15, 0.2) is 5.78 Å². The van der Waals surface area contributed by atoms with Crippen LogP contribution in [0.25, 0.3) is 10.9 Å². The minimum Gasteiger partial charge on any atom is -0.398 e.